The molecule has 3 aromatic carbocycles. The van der Waals surface area contributed by atoms with Crippen molar-refractivity contribution in [1.82, 2.24) is 0 Å². The number of nitrogens with zero attached hydrogens (tertiary/aromatic N) is 1. The van der Waals surface area contributed by atoms with E-state index >= 15 is 0 Å². The Morgan fingerprint density at radius 1 is 0.972 bits per heavy atom. The van der Waals surface area contributed by atoms with Crippen molar-refractivity contribution in [3.63, 3.8) is 0 Å². The molecule has 188 valence electrons. The molecule has 9 nitrogen and oxygen atoms in total. The molecule has 1 aliphatic heterocycles. The molecule has 0 saturated heterocycles. The number of carbonyl (C=O) groups is 2. The van der Waals surface area contributed by atoms with Gasteiger partial charge in [0.25, 0.3) is 11.8 Å². The highest BCUT2D eigenvalue weighted by Gasteiger charge is 2.26. The molecule has 0 radical (unpaired) electrons. The van der Waals surface area contributed by atoms with Crippen molar-refractivity contribution in [2.24, 2.45) is 0 Å². The van der Waals surface area contributed by atoms with E-state index in [0.29, 0.717) is 53.1 Å². The lowest BCUT2D eigenvalue weighted by molar-refractivity contribution is -0.121. The Morgan fingerprint density at radius 2 is 1.67 bits per heavy atom. The minimum Gasteiger partial charge on any atom is -0.493 e. The highest BCUT2D eigenvalue weighted by atomic mass is 16.5. The van der Waals surface area contributed by atoms with Crippen LogP contribution < -0.4 is 33.9 Å². The summed E-state index contributed by atoms with van der Waals surface area (Å²) < 4.78 is 27.4. The number of rotatable bonds is 9. The van der Waals surface area contributed by atoms with E-state index < -0.39 is 0 Å². The fourth-order valence-electron chi connectivity index (χ4n) is 3.83. The van der Waals surface area contributed by atoms with Gasteiger partial charge in [-0.2, -0.15) is 0 Å². The fourth-order valence-corrected chi connectivity index (χ4v) is 3.83. The van der Waals surface area contributed by atoms with Gasteiger partial charge in [-0.15, -0.1) is 0 Å². The first-order valence-corrected chi connectivity index (χ1v) is 11.3. The lowest BCUT2D eigenvalue weighted by atomic mass is 10.1. The molecule has 1 heterocycles. The summed E-state index contributed by atoms with van der Waals surface area (Å²) in [6.45, 7) is 2.60. The number of hydrogen-bond donors (Lipinski definition) is 1. The Morgan fingerprint density at radius 3 is 2.31 bits per heavy atom. The van der Waals surface area contributed by atoms with Crippen LogP contribution in [0.3, 0.4) is 0 Å². The van der Waals surface area contributed by atoms with E-state index in [2.05, 4.69) is 5.32 Å². The van der Waals surface area contributed by atoms with E-state index in [9.17, 15) is 9.59 Å². The Balaban J connectivity index is 1.47. The molecule has 1 aliphatic rings. The summed E-state index contributed by atoms with van der Waals surface area (Å²) in [5.41, 5.74) is 2.60. The van der Waals surface area contributed by atoms with Crippen molar-refractivity contribution in [3.8, 4) is 28.7 Å². The molecular formula is C27H28N2O7. The van der Waals surface area contributed by atoms with Crippen molar-refractivity contribution < 1.29 is 33.3 Å². The number of carbonyl (C=O) groups excluding carboxylic acids is 2. The van der Waals surface area contributed by atoms with Crippen molar-refractivity contribution in [2.75, 3.05) is 51.3 Å². The van der Waals surface area contributed by atoms with Gasteiger partial charge in [-0.1, -0.05) is 17.7 Å². The van der Waals surface area contributed by atoms with Crippen LogP contribution in [0.15, 0.2) is 54.6 Å². The van der Waals surface area contributed by atoms with Gasteiger partial charge in [0.2, 0.25) is 5.75 Å². The molecule has 9 heteroatoms. The molecule has 1 N–H and O–H groups in total. The second-order valence-corrected chi connectivity index (χ2v) is 8.05. The number of hydrogen-bond acceptors (Lipinski definition) is 7. The Labute approximate surface area is 209 Å². The lowest BCUT2D eigenvalue weighted by Crippen LogP contribution is -2.41. The normalized spacial score (nSPS) is 12.3. The molecule has 0 spiro atoms. The highest BCUT2D eigenvalue weighted by molar-refractivity contribution is 6.06. The lowest BCUT2D eigenvalue weighted by Gasteiger charge is -2.29. The summed E-state index contributed by atoms with van der Waals surface area (Å²) in [6, 6.07) is 16.0. The summed E-state index contributed by atoms with van der Waals surface area (Å²) in [4.78, 5) is 27.1. The molecule has 0 aromatic heterocycles. The molecule has 0 atom stereocenters. The number of amides is 2. The molecule has 2 amide bonds. The number of fused-ring (bicyclic) bond motifs is 1. The SMILES string of the molecule is COc1cc(C(=O)Nc2ccc3c(c2)OCC(=O)N3CCOc2ccc(C)cc2)cc(OC)c1OC. The van der Waals surface area contributed by atoms with E-state index in [1.165, 1.54) is 21.3 Å². The Bertz CT molecular complexity index is 1230. The molecule has 0 bridgehead atoms. The zero-order chi connectivity index (χ0) is 25.7. The number of methoxy groups -OCH3 is 3. The van der Waals surface area contributed by atoms with Gasteiger partial charge in [-0.3, -0.25) is 9.59 Å². The van der Waals surface area contributed by atoms with Crippen LogP contribution >= 0.6 is 0 Å². The van der Waals surface area contributed by atoms with Gasteiger partial charge >= 0.3 is 0 Å². The number of anilines is 2. The van der Waals surface area contributed by atoms with Crippen LogP contribution in [-0.2, 0) is 4.79 Å². The van der Waals surface area contributed by atoms with Crippen LogP contribution in [0.25, 0.3) is 0 Å². The minimum atomic E-state index is -0.371. The number of aryl methyl sites for hydroxylation is 1. The molecule has 4 rings (SSSR count). The first kappa shape index (κ1) is 24.7. The van der Waals surface area contributed by atoms with Crippen LogP contribution in [0.4, 0.5) is 11.4 Å². The minimum absolute atomic E-state index is 0.0954. The molecule has 0 fully saturated rings. The monoisotopic (exact) mass is 492 g/mol. The fraction of sp³-hybridized carbons (Fsp3) is 0.259. The van der Waals surface area contributed by atoms with E-state index in [0.717, 1.165) is 11.3 Å². The second kappa shape index (κ2) is 10.9. The van der Waals surface area contributed by atoms with Gasteiger partial charge in [0.1, 0.15) is 18.1 Å². The first-order chi connectivity index (χ1) is 17.4. The maximum Gasteiger partial charge on any atom is 0.265 e. The maximum atomic E-state index is 12.9. The Kier molecular flexibility index (Phi) is 7.48. The topological polar surface area (TPSA) is 95.6 Å². The quantitative estimate of drug-likeness (QED) is 0.481. The first-order valence-electron chi connectivity index (χ1n) is 11.3. The predicted molar refractivity (Wildman–Crippen MR) is 135 cm³/mol. The van der Waals surface area contributed by atoms with Crippen LogP contribution in [0.5, 0.6) is 28.7 Å². The summed E-state index contributed by atoms with van der Waals surface area (Å²) in [5.74, 6) is 1.85. The average molecular weight is 493 g/mol. The smallest absolute Gasteiger partial charge is 0.265 e. The summed E-state index contributed by atoms with van der Waals surface area (Å²) in [7, 11) is 4.47. The van der Waals surface area contributed by atoms with Gasteiger partial charge in [0, 0.05) is 17.3 Å². The number of ether oxygens (including phenoxy) is 5. The zero-order valence-corrected chi connectivity index (χ0v) is 20.6. The van der Waals surface area contributed by atoms with Gasteiger partial charge < -0.3 is 33.9 Å². The third kappa shape index (κ3) is 5.30. The van der Waals surface area contributed by atoms with Gasteiger partial charge in [0.15, 0.2) is 18.1 Å². The third-order valence-electron chi connectivity index (χ3n) is 5.69. The van der Waals surface area contributed by atoms with Crippen molar-refractivity contribution >= 4 is 23.2 Å². The molecule has 3 aromatic rings. The maximum absolute atomic E-state index is 12.9. The Hall–Kier alpha value is -4.40. The van der Waals surface area contributed by atoms with Crippen LogP contribution in [0.2, 0.25) is 0 Å². The molecule has 0 saturated carbocycles. The van der Waals surface area contributed by atoms with E-state index in [1.807, 2.05) is 31.2 Å². The van der Waals surface area contributed by atoms with Crippen LogP contribution in [0, 0.1) is 6.92 Å². The third-order valence-corrected chi connectivity index (χ3v) is 5.69. The van der Waals surface area contributed by atoms with E-state index in [1.54, 1.807) is 35.2 Å². The van der Waals surface area contributed by atoms with E-state index in [4.69, 9.17) is 23.7 Å². The van der Waals surface area contributed by atoms with Crippen molar-refractivity contribution in [3.05, 3.63) is 65.7 Å². The number of benzene rings is 3. The molecule has 0 unspecified atom stereocenters. The second-order valence-electron chi connectivity index (χ2n) is 8.05. The standard InChI is InChI=1S/C27H28N2O7/c1-17-5-8-20(9-6-17)35-12-11-29-21-10-7-19(15-22(21)36-16-25(29)30)28-27(31)18-13-23(32-2)26(34-4)24(14-18)33-3/h5-10,13-15H,11-12,16H2,1-4H3,(H,28,31). The molecule has 36 heavy (non-hydrogen) atoms. The summed E-state index contributed by atoms with van der Waals surface area (Å²) in [6.07, 6.45) is 0. The summed E-state index contributed by atoms with van der Waals surface area (Å²) >= 11 is 0. The van der Waals surface area contributed by atoms with Gasteiger partial charge in [-0.25, -0.2) is 0 Å². The predicted octanol–water partition coefficient (Wildman–Crippen LogP) is 4.08. The van der Waals surface area contributed by atoms with Crippen LogP contribution in [-0.4, -0.2) is 52.9 Å². The van der Waals surface area contributed by atoms with E-state index in [-0.39, 0.29) is 18.4 Å². The highest BCUT2D eigenvalue weighted by Crippen LogP contribution is 2.39. The molecular weight excluding hydrogens is 464 g/mol. The molecule has 0 aliphatic carbocycles. The summed E-state index contributed by atoms with van der Waals surface area (Å²) in [5, 5.41) is 2.84. The average Bonchev–Trinajstić information content (AvgIpc) is 2.90. The van der Waals surface area contributed by atoms with Crippen molar-refractivity contribution in [2.45, 2.75) is 6.92 Å². The zero-order valence-electron chi connectivity index (χ0n) is 20.6. The van der Waals surface area contributed by atoms with Gasteiger partial charge in [0.05, 0.1) is 33.6 Å². The van der Waals surface area contributed by atoms with Crippen LogP contribution in [0.1, 0.15) is 15.9 Å². The largest absolute Gasteiger partial charge is 0.493 e. The number of nitrogens with one attached hydrogen (secondary N) is 1. The van der Waals surface area contributed by atoms with Crippen molar-refractivity contribution in [1.29, 1.82) is 0 Å². The van der Waals surface area contributed by atoms with Gasteiger partial charge in [-0.05, 0) is 43.3 Å².